The van der Waals surface area contributed by atoms with Crippen LogP contribution in [-0.2, 0) is 35.3 Å². The first-order chi connectivity index (χ1) is 22.1. The maximum Gasteiger partial charge on any atom is 0.408 e. The molecule has 5 unspecified atom stereocenters. The van der Waals surface area contributed by atoms with Gasteiger partial charge in [-0.1, -0.05) is 71.4 Å². The Labute approximate surface area is 283 Å². The topological polar surface area (TPSA) is 163 Å². The van der Waals surface area contributed by atoms with Gasteiger partial charge in [0.05, 0.1) is 11.9 Å². The van der Waals surface area contributed by atoms with E-state index in [1.165, 1.54) is 4.90 Å². The van der Waals surface area contributed by atoms with E-state index < -0.39 is 64.6 Å². The lowest BCUT2D eigenvalue weighted by atomic mass is 9.97. The zero-order chi connectivity index (χ0) is 35.3. The molecule has 5 amide bonds. The zero-order valence-corrected chi connectivity index (χ0v) is 29.4. The fourth-order valence-corrected chi connectivity index (χ4v) is 5.48. The van der Waals surface area contributed by atoms with Crippen LogP contribution in [0.15, 0.2) is 30.3 Å². The molecule has 4 N–H and O–H groups in total. The summed E-state index contributed by atoms with van der Waals surface area (Å²) < 4.78 is 5.51. The number of likely N-dealkylation sites (tertiary alicyclic amines) is 1. The highest BCUT2D eigenvalue weighted by molar-refractivity contribution is 6.36. The Morgan fingerprint density at radius 2 is 1.66 bits per heavy atom. The molecule has 13 heteroatoms. The first kappa shape index (κ1) is 39.5. The van der Waals surface area contributed by atoms with Crippen LogP contribution in [0.5, 0.6) is 0 Å². The van der Waals surface area contributed by atoms with Crippen LogP contribution in [0.25, 0.3) is 0 Å². The molecule has 1 aromatic rings. The molecule has 2 rings (SSSR count). The third-order valence-corrected chi connectivity index (χ3v) is 8.83. The predicted molar refractivity (Wildman–Crippen MR) is 179 cm³/mol. The second-order valence-corrected chi connectivity index (χ2v) is 13.8. The van der Waals surface area contributed by atoms with Gasteiger partial charge in [-0.05, 0) is 50.5 Å². The van der Waals surface area contributed by atoms with Gasteiger partial charge in [0.25, 0.3) is 5.91 Å². The number of halogens is 1. The number of carbonyl (C=O) groups is 6. The van der Waals surface area contributed by atoms with Gasteiger partial charge in [-0.25, -0.2) is 4.79 Å². The van der Waals surface area contributed by atoms with Gasteiger partial charge in [0, 0.05) is 25.6 Å². The summed E-state index contributed by atoms with van der Waals surface area (Å²) in [5, 5.41) is 9.88. The normalized spacial score (nSPS) is 18.1. The van der Waals surface area contributed by atoms with Gasteiger partial charge in [-0.3, -0.25) is 24.0 Å². The van der Waals surface area contributed by atoms with Crippen LogP contribution in [0.2, 0.25) is 0 Å². The number of amides is 5. The van der Waals surface area contributed by atoms with Crippen LogP contribution >= 0.6 is 11.6 Å². The molecule has 1 saturated heterocycles. The zero-order valence-electron chi connectivity index (χ0n) is 28.7. The highest BCUT2D eigenvalue weighted by Crippen LogP contribution is 2.27. The number of ether oxygens (including phenoxy) is 1. The van der Waals surface area contributed by atoms with Crippen molar-refractivity contribution in [3.63, 3.8) is 0 Å². The number of hydrogen-bond acceptors (Lipinski definition) is 7. The molecule has 0 spiro atoms. The lowest BCUT2D eigenvalue weighted by Crippen LogP contribution is -2.58. The summed E-state index contributed by atoms with van der Waals surface area (Å²) in [5.41, 5.74) is 0.168. The van der Waals surface area contributed by atoms with E-state index in [1.54, 1.807) is 13.8 Å². The quantitative estimate of drug-likeness (QED) is 0.145. The fourth-order valence-electron chi connectivity index (χ4n) is 5.13. The van der Waals surface area contributed by atoms with Crippen LogP contribution in [0, 0.1) is 11.8 Å². The van der Waals surface area contributed by atoms with Gasteiger partial charge in [0.2, 0.25) is 23.5 Å². The van der Waals surface area contributed by atoms with E-state index in [0.29, 0.717) is 25.7 Å². The summed E-state index contributed by atoms with van der Waals surface area (Å²) in [6.45, 7) is 13.1. The Kier molecular flexibility index (Phi) is 15.6. The van der Waals surface area contributed by atoms with Crippen molar-refractivity contribution in [2.45, 2.75) is 116 Å². The van der Waals surface area contributed by atoms with Crippen molar-refractivity contribution in [2.24, 2.45) is 11.8 Å². The Morgan fingerprint density at radius 1 is 1.00 bits per heavy atom. The molecular formula is C34H52ClN5O7. The second kappa shape index (κ2) is 18.6. The van der Waals surface area contributed by atoms with E-state index in [4.69, 9.17) is 16.3 Å². The fraction of sp³-hybridized carbons (Fsp3) is 0.647. The Hall–Kier alpha value is -3.67. The Bertz CT molecular complexity index is 1240. The summed E-state index contributed by atoms with van der Waals surface area (Å²) in [4.78, 5) is 79.2. The third kappa shape index (κ3) is 12.8. The van der Waals surface area contributed by atoms with E-state index >= 15 is 0 Å². The number of alkyl carbamates (subject to hydrolysis) is 1. The molecule has 0 saturated carbocycles. The number of nitrogens with one attached hydrogen (secondary N) is 4. The SMILES string of the molecule is CCC(C)C(NC(=O)OC(C)(C)CC)C(=O)N1CCC(Cl)C1C(=O)NC(CC(=O)C(=O)NCC(=O)NCc1ccccc1)CC(C)C. The first-order valence-electron chi connectivity index (χ1n) is 16.4. The molecule has 0 bridgehead atoms. The number of carbonyl (C=O) groups excluding carboxylic acids is 6. The van der Waals surface area contributed by atoms with Crippen molar-refractivity contribution >= 4 is 47.1 Å². The van der Waals surface area contributed by atoms with Crippen LogP contribution < -0.4 is 21.3 Å². The van der Waals surface area contributed by atoms with Gasteiger partial charge in [0.15, 0.2) is 0 Å². The molecule has 1 aromatic carbocycles. The van der Waals surface area contributed by atoms with Crippen LogP contribution in [0.4, 0.5) is 4.79 Å². The lowest BCUT2D eigenvalue weighted by Gasteiger charge is -2.33. The average Bonchev–Trinajstić information content (AvgIpc) is 3.41. The van der Waals surface area contributed by atoms with Crippen molar-refractivity contribution in [1.82, 2.24) is 26.2 Å². The van der Waals surface area contributed by atoms with Crippen molar-refractivity contribution in [1.29, 1.82) is 0 Å². The van der Waals surface area contributed by atoms with Crippen LogP contribution in [0.3, 0.4) is 0 Å². The number of nitrogens with zero attached hydrogens (tertiary/aromatic N) is 1. The van der Waals surface area contributed by atoms with Crippen molar-refractivity contribution in [3.05, 3.63) is 35.9 Å². The largest absolute Gasteiger partial charge is 0.444 e. The maximum absolute atomic E-state index is 13.8. The molecule has 1 fully saturated rings. The van der Waals surface area contributed by atoms with E-state index in [0.717, 1.165) is 5.56 Å². The maximum atomic E-state index is 13.8. The Morgan fingerprint density at radius 3 is 2.26 bits per heavy atom. The predicted octanol–water partition coefficient (Wildman–Crippen LogP) is 3.45. The van der Waals surface area contributed by atoms with Gasteiger partial charge in [0.1, 0.15) is 17.7 Å². The molecule has 262 valence electrons. The summed E-state index contributed by atoms with van der Waals surface area (Å²) >= 11 is 6.59. The molecule has 0 radical (unpaired) electrons. The molecule has 1 heterocycles. The standard InChI is InChI=1S/C34H52ClN5O7/c1-8-22(5)28(39-33(46)47-34(6,7)9-2)32(45)40-16-15-25(35)29(40)31(44)38-24(17-21(3)4)18-26(41)30(43)37-20-27(42)36-19-23-13-11-10-12-14-23/h10-14,21-22,24-25,28-29H,8-9,15-20H2,1-7H3,(H,36,42)(H,37,43)(H,38,44)(H,39,46). The minimum atomic E-state index is -1.05. The average molecular weight is 678 g/mol. The summed E-state index contributed by atoms with van der Waals surface area (Å²) in [7, 11) is 0. The minimum absolute atomic E-state index is 0.0606. The van der Waals surface area contributed by atoms with Crippen LogP contribution in [-0.4, -0.2) is 82.6 Å². The van der Waals surface area contributed by atoms with Crippen LogP contribution in [0.1, 0.15) is 86.1 Å². The molecule has 1 aliphatic rings. The van der Waals surface area contributed by atoms with Gasteiger partial charge in [-0.2, -0.15) is 0 Å². The second-order valence-electron chi connectivity index (χ2n) is 13.2. The number of benzene rings is 1. The molecule has 0 aliphatic carbocycles. The molecule has 5 atom stereocenters. The van der Waals surface area contributed by atoms with E-state index in [2.05, 4.69) is 21.3 Å². The summed E-state index contributed by atoms with van der Waals surface area (Å²) in [6, 6.07) is 6.54. The molecule has 1 aliphatic heterocycles. The summed E-state index contributed by atoms with van der Waals surface area (Å²) in [5.74, 6) is -3.37. The molecule has 0 aromatic heterocycles. The van der Waals surface area contributed by atoms with E-state index in [-0.39, 0.29) is 37.9 Å². The van der Waals surface area contributed by atoms with E-state index in [1.807, 2.05) is 65.0 Å². The van der Waals surface area contributed by atoms with E-state index in [9.17, 15) is 28.8 Å². The monoisotopic (exact) mass is 677 g/mol. The molecule has 12 nitrogen and oxygen atoms in total. The highest BCUT2D eigenvalue weighted by Gasteiger charge is 2.45. The number of alkyl halides is 1. The summed E-state index contributed by atoms with van der Waals surface area (Å²) in [6.07, 6.45) is 0.876. The third-order valence-electron chi connectivity index (χ3n) is 8.38. The number of rotatable bonds is 17. The smallest absolute Gasteiger partial charge is 0.408 e. The number of ketones is 1. The van der Waals surface area contributed by atoms with Crippen molar-refractivity contribution in [2.75, 3.05) is 13.1 Å². The number of Topliss-reactive ketones (excluding diaryl/α,β-unsaturated/α-hetero) is 1. The Balaban J connectivity index is 2.06. The highest BCUT2D eigenvalue weighted by atomic mass is 35.5. The van der Waals surface area contributed by atoms with Gasteiger partial charge in [-0.15, -0.1) is 11.6 Å². The first-order valence-corrected chi connectivity index (χ1v) is 16.9. The van der Waals surface area contributed by atoms with Crippen molar-refractivity contribution < 1.29 is 33.5 Å². The minimum Gasteiger partial charge on any atom is -0.444 e. The van der Waals surface area contributed by atoms with Gasteiger partial charge >= 0.3 is 6.09 Å². The number of hydrogen-bond donors (Lipinski definition) is 4. The molecule has 47 heavy (non-hydrogen) atoms. The molecular weight excluding hydrogens is 626 g/mol. The lowest BCUT2D eigenvalue weighted by molar-refractivity contribution is -0.141. The van der Waals surface area contributed by atoms with Gasteiger partial charge < -0.3 is 30.9 Å². The van der Waals surface area contributed by atoms with Crippen molar-refractivity contribution in [3.8, 4) is 0 Å².